The van der Waals surface area contributed by atoms with Crippen molar-refractivity contribution >= 4 is 17.4 Å². The van der Waals surface area contributed by atoms with E-state index in [0.717, 1.165) is 18.2 Å². The molecule has 1 amide bonds. The Balaban J connectivity index is 1.80. The average Bonchev–Trinajstić information content (AvgIpc) is 3.19. The van der Waals surface area contributed by atoms with Crippen LogP contribution in [0, 0.1) is 11.6 Å². The van der Waals surface area contributed by atoms with Crippen LogP contribution in [0.2, 0.25) is 0 Å². The van der Waals surface area contributed by atoms with Gasteiger partial charge in [0.25, 0.3) is 5.91 Å². The molecule has 0 bridgehead atoms. The molecular formula is C17H14F3N5O. The minimum Gasteiger partial charge on any atom is -0.365 e. The summed E-state index contributed by atoms with van der Waals surface area (Å²) in [6, 6.07) is 3.97. The molecule has 2 aromatic heterocycles. The maximum atomic E-state index is 14.2. The van der Waals surface area contributed by atoms with Gasteiger partial charge in [-0.3, -0.25) is 4.79 Å². The number of hydrogen-bond donors (Lipinski definition) is 1. The Bertz CT molecular complexity index is 1010. The summed E-state index contributed by atoms with van der Waals surface area (Å²) in [6.07, 6.45) is 1.63. The van der Waals surface area contributed by atoms with Gasteiger partial charge in [0.15, 0.2) is 5.65 Å². The molecule has 1 fully saturated rings. The Labute approximate surface area is 146 Å². The molecule has 1 aliphatic heterocycles. The van der Waals surface area contributed by atoms with Crippen molar-refractivity contribution in [3.8, 4) is 0 Å². The van der Waals surface area contributed by atoms with Crippen LogP contribution >= 0.6 is 0 Å². The van der Waals surface area contributed by atoms with Gasteiger partial charge in [-0.15, -0.1) is 0 Å². The number of anilines is 1. The van der Waals surface area contributed by atoms with Crippen LogP contribution in [-0.2, 0) is 0 Å². The van der Waals surface area contributed by atoms with E-state index in [9.17, 15) is 18.0 Å². The van der Waals surface area contributed by atoms with Crippen LogP contribution in [0.5, 0.6) is 0 Å². The zero-order chi connectivity index (χ0) is 18.4. The van der Waals surface area contributed by atoms with Crippen molar-refractivity contribution in [1.29, 1.82) is 0 Å². The van der Waals surface area contributed by atoms with Gasteiger partial charge < -0.3 is 10.6 Å². The molecule has 26 heavy (non-hydrogen) atoms. The highest BCUT2D eigenvalue weighted by Gasteiger charge is 2.36. The van der Waals surface area contributed by atoms with Crippen molar-refractivity contribution in [2.75, 3.05) is 11.4 Å². The number of carbonyl (C=O) groups is 1. The highest BCUT2D eigenvalue weighted by molar-refractivity contribution is 5.98. The normalized spacial score (nSPS) is 20.0. The summed E-state index contributed by atoms with van der Waals surface area (Å²) >= 11 is 0. The number of hydrogen-bond acceptors (Lipinski definition) is 4. The first-order chi connectivity index (χ1) is 12.4. The maximum absolute atomic E-state index is 14.2. The number of nitrogens with zero attached hydrogens (tertiary/aromatic N) is 4. The third-order valence-electron chi connectivity index (χ3n) is 4.48. The second kappa shape index (κ2) is 6.01. The van der Waals surface area contributed by atoms with E-state index >= 15 is 0 Å². The number of primary amides is 1. The first kappa shape index (κ1) is 16.4. The van der Waals surface area contributed by atoms with Gasteiger partial charge in [0.1, 0.15) is 29.2 Å². The number of amides is 1. The standard InChI is InChI=1S/C17H14F3N5O/c18-9-1-2-13(20)11(5-9)14-6-10(19)8-24(14)15-3-4-25-17(23-15)12(7-22-25)16(21)26/h1-5,7,10,14H,6,8H2,(H2,21,26)/t10-,14+/m0/s1. The van der Waals surface area contributed by atoms with E-state index in [1.54, 1.807) is 17.2 Å². The maximum Gasteiger partial charge on any atom is 0.254 e. The van der Waals surface area contributed by atoms with Gasteiger partial charge in [-0.25, -0.2) is 22.7 Å². The molecule has 1 aromatic carbocycles. The number of aromatic nitrogens is 3. The monoisotopic (exact) mass is 361 g/mol. The molecule has 2 atom stereocenters. The van der Waals surface area contributed by atoms with Crippen molar-refractivity contribution in [3.63, 3.8) is 0 Å². The Hall–Kier alpha value is -3.10. The number of rotatable bonds is 3. The molecule has 0 aliphatic carbocycles. The fraction of sp³-hybridized carbons (Fsp3) is 0.235. The number of halogens is 3. The Morgan fingerprint density at radius 1 is 1.27 bits per heavy atom. The number of carbonyl (C=O) groups excluding carboxylic acids is 1. The lowest BCUT2D eigenvalue weighted by molar-refractivity contribution is 0.100. The van der Waals surface area contributed by atoms with Crippen molar-refractivity contribution in [1.82, 2.24) is 14.6 Å². The third kappa shape index (κ3) is 2.65. The zero-order valence-electron chi connectivity index (χ0n) is 13.4. The van der Waals surface area contributed by atoms with E-state index in [2.05, 4.69) is 10.1 Å². The summed E-state index contributed by atoms with van der Waals surface area (Å²) in [7, 11) is 0. The summed E-state index contributed by atoms with van der Waals surface area (Å²) in [4.78, 5) is 17.4. The van der Waals surface area contributed by atoms with Crippen molar-refractivity contribution in [3.05, 3.63) is 59.4 Å². The molecule has 1 aliphatic rings. The molecule has 134 valence electrons. The number of nitrogens with two attached hydrogens (primary N) is 1. The van der Waals surface area contributed by atoms with Gasteiger partial charge in [-0.1, -0.05) is 0 Å². The van der Waals surface area contributed by atoms with Crippen LogP contribution in [0.1, 0.15) is 28.4 Å². The smallest absolute Gasteiger partial charge is 0.254 e. The van der Waals surface area contributed by atoms with Gasteiger partial charge in [0, 0.05) is 18.2 Å². The molecule has 3 aromatic rings. The summed E-state index contributed by atoms with van der Waals surface area (Å²) in [5, 5.41) is 3.98. The van der Waals surface area contributed by atoms with Crippen LogP contribution in [0.15, 0.2) is 36.7 Å². The molecule has 4 rings (SSSR count). The molecule has 0 spiro atoms. The van der Waals surface area contributed by atoms with Gasteiger partial charge in [-0.2, -0.15) is 5.10 Å². The topological polar surface area (TPSA) is 76.5 Å². The quantitative estimate of drug-likeness (QED) is 0.777. The molecule has 9 heteroatoms. The van der Waals surface area contributed by atoms with E-state index < -0.39 is 29.8 Å². The molecular weight excluding hydrogens is 347 g/mol. The minimum absolute atomic E-state index is 0.00910. The van der Waals surface area contributed by atoms with Crippen LogP contribution in [0.4, 0.5) is 19.0 Å². The van der Waals surface area contributed by atoms with Crippen LogP contribution in [-0.4, -0.2) is 33.2 Å². The summed E-state index contributed by atoms with van der Waals surface area (Å²) < 4.78 is 43.3. The molecule has 1 saturated heterocycles. The average molecular weight is 361 g/mol. The van der Waals surface area contributed by atoms with Crippen molar-refractivity contribution < 1.29 is 18.0 Å². The van der Waals surface area contributed by atoms with E-state index in [1.807, 2.05) is 0 Å². The largest absolute Gasteiger partial charge is 0.365 e. The predicted octanol–water partition coefficient (Wildman–Crippen LogP) is 2.40. The first-order valence-electron chi connectivity index (χ1n) is 7.94. The highest BCUT2D eigenvalue weighted by atomic mass is 19.1. The Kier molecular flexibility index (Phi) is 3.78. The molecule has 0 radical (unpaired) electrons. The summed E-state index contributed by atoms with van der Waals surface area (Å²) in [5.41, 5.74) is 5.71. The lowest BCUT2D eigenvalue weighted by Crippen LogP contribution is -2.25. The van der Waals surface area contributed by atoms with Gasteiger partial charge in [0.2, 0.25) is 0 Å². The Morgan fingerprint density at radius 3 is 2.85 bits per heavy atom. The molecule has 6 nitrogen and oxygen atoms in total. The van der Waals surface area contributed by atoms with Gasteiger partial charge in [0.05, 0.1) is 18.8 Å². The number of fused-ring (bicyclic) bond motifs is 1. The zero-order valence-corrected chi connectivity index (χ0v) is 13.4. The van der Waals surface area contributed by atoms with Crippen molar-refractivity contribution in [2.45, 2.75) is 18.6 Å². The van der Waals surface area contributed by atoms with E-state index in [1.165, 1.54) is 10.7 Å². The lowest BCUT2D eigenvalue weighted by Gasteiger charge is -2.26. The lowest BCUT2D eigenvalue weighted by atomic mass is 10.0. The number of benzene rings is 1. The summed E-state index contributed by atoms with van der Waals surface area (Å²) in [6.45, 7) is -0.0240. The summed E-state index contributed by atoms with van der Waals surface area (Å²) in [5.74, 6) is -1.57. The molecule has 0 saturated carbocycles. The Morgan fingerprint density at radius 2 is 2.08 bits per heavy atom. The molecule has 0 unspecified atom stereocenters. The SMILES string of the molecule is NC(=O)c1cnn2ccc(N3C[C@@H](F)C[C@@H]3c3cc(F)ccc3F)nc12. The second-order valence-electron chi connectivity index (χ2n) is 6.14. The van der Waals surface area contributed by atoms with Gasteiger partial charge >= 0.3 is 0 Å². The molecule has 3 heterocycles. The van der Waals surface area contributed by atoms with Crippen molar-refractivity contribution in [2.24, 2.45) is 5.73 Å². The highest BCUT2D eigenvalue weighted by Crippen LogP contribution is 2.38. The van der Waals surface area contributed by atoms with Crippen LogP contribution in [0.3, 0.4) is 0 Å². The predicted molar refractivity (Wildman–Crippen MR) is 87.5 cm³/mol. The number of alkyl halides is 1. The first-order valence-corrected chi connectivity index (χ1v) is 7.94. The van der Waals surface area contributed by atoms with E-state index in [4.69, 9.17) is 5.73 Å². The van der Waals surface area contributed by atoms with E-state index in [-0.39, 0.29) is 29.7 Å². The molecule has 2 N–H and O–H groups in total. The van der Waals surface area contributed by atoms with Crippen LogP contribution < -0.4 is 10.6 Å². The second-order valence-corrected chi connectivity index (χ2v) is 6.14. The van der Waals surface area contributed by atoms with E-state index in [0.29, 0.717) is 5.82 Å². The fourth-order valence-corrected chi connectivity index (χ4v) is 3.30. The third-order valence-corrected chi connectivity index (χ3v) is 4.48. The van der Waals surface area contributed by atoms with Gasteiger partial charge in [-0.05, 0) is 24.3 Å². The fourth-order valence-electron chi connectivity index (χ4n) is 3.30. The minimum atomic E-state index is -1.22. The van der Waals surface area contributed by atoms with Crippen LogP contribution in [0.25, 0.3) is 5.65 Å².